The largest absolute Gasteiger partial charge is 0.477 e. The quantitative estimate of drug-likeness (QED) is 0.638. The SMILES string of the molecule is O=C(NC[C@@H](c1nccs1)C1CC1)c1nc(OCC2CC2)ccc1C1CCCCO1. The van der Waals surface area contributed by atoms with Crippen molar-refractivity contribution in [3.05, 3.63) is 40.0 Å². The fourth-order valence-corrected chi connectivity index (χ4v) is 4.94. The number of thiazole rings is 1. The van der Waals surface area contributed by atoms with Gasteiger partial charge in [-0.3, -0.25) is 4.79 Å². The third-order valence-corrected chi connectivity index (χ3v) is 7.16. The maximum absolute atomic E-state index is 13.2. The van der Waals surface area contributed by atoms with Gasteiger partial charge in [0.2, 0.25) is 5.88 Å². The van der Waals surface area contributed by atoms with Crippen molar-refractivity contribution in [2.45, 2.75) is 57.0 Å². The molecule has 1 saturated heterocycles. The van der Waals surface area contributed by atoms with Gasteiger partial charge in [-0.05, 0) is 62.8 Å². The van der Waals surface area contributed by atoms with E-state index in [1.807, 2.05) is 23.7 Å². The number of amides is 1. The van der Waals surface area contributed by atoms with E-state index in [0.29, 0.717) is 36.6 Å². The van der Waals surface area contributed by atoms with E-state index in [1.54, 1.807) is 11.3 Å². The van der Waals surface area contributed by atoms with Crippen LogP contribution in [0, 0.1) is 11.8 Å². The molecule has 3 aliphatic rings. The molecule has 0 bridgehead atoms. The molecule has 3 heterocycles. The Bertz CT molecular complexity index is 859. The topological polar surface area (TPSA) is 73.3 Å². The number of ether oxygens (including phenoxy) is 2. The molecule has 0 spiro atoms. The number of hydrogen-bond acceptors (Lipinski definition) is 6. The van der Waals surface area contributed by atoms with Gasteiger partial charge in [-0.25, -0.2) is 9.97 Å². The van der Waals surface area contributed by atoms with Gasteiger partial charge in [0.25, 0.3) is 5.91 Å². The number of carbonyl (C=O) groups is 1. The number of rotatable bonds is 9. The summed E-state index contributed by atoms with van der Waals surface area (Å²) in [5.41, 5.74) is 1.33. The molecule has 7 heteroatoms. The standard InChI is InChI=1S/C23H29N3O3S/c27-22(25-13-18(16-6-7-16)23-24-10-12-30-23)21-17(19-3-1-2-11-28-19)8-9-20(26-21)29-14-15-4-5-15/h8-10,12,15-16,18-19H,1-7,11,13-14H2,(H,25,27)/t18-,19?/m1/s1. The van der Waals surface area contributed by atoms with Crippen molar-refractivity contribution in [2.75, 3.05) is 19.8 Å². The monoisotopic (exact) mass is 427 g/mol. The number of hydrogen-bond donors (Lipinski definition) is 1. The lowest BCUT2D eigenvalue weighted by atomic mass is 9.99. The zero-order chi connectivity index (χ0) is 20.3. The number of aromatic nitrogens is 2. The molecule has 1 N–H and O–H groups in total. The first-order chi connectivity index (χ1) is 14.8. The predicted octanol–water partition coefficient (Wildman–Crippen LogP) is 4.49. The van der Waals surface area contributed by atoms with Crippen LogP contribution >= 0.6 is 11.3 Å². The molecule has 3 fully saturated rings. The van der Waals surface area contributed by atoms with Crippen molar-refractivity contribution >= 4 is 17.2 Å². The van der Waals surface area contributed by atoms with Gasteiger partial charge in [-0.2, -0.15) is 0 Å². The summed E-state index contributed by atoms with van der Waals surface area (Å²) >= 11 is 1.67. The molecule has 0 aromatic carbocycles. The number of carbonyl (C=O) groups excluding carboxylic acids is 1. The number of pyridine rings is 1. The lowest BCUT2D eigenvalue weighted by Crippen LogP contribution is -2.31. The van der Waals surface area contributed by atoms with Crippen molar-refractivity contribution in [1.29, 1.82) is 0 Å². The lowest BCUT2D eigenvalue weighted by Gasteiger charge is -2.25. The molecule has 1 amide bonds. The van der Waals surface area contributed by atoms with Crippen LogP contribution in [0.4, 0.5) is 0 Å². The molecule has 160 valence electrons. The maximum atomic E-state index is 13.2. The first-order valence-corrected chi connectivity index (χ1v) is 12.1. The Balaban J connectivity index is 1.32. The van der Waals surface area contributed by atoms with Gasteiger partial charge in [0.1, 0.15) is 5.69 Å². The highest BCUT2D eigenvalue weighted by Gasteiger charge is 2.34. The second-order valence-corrected chi connectivity index (χ2v) is 9.65. The Morgan fingerprint density at radius 3 is 2.83 bits per heavy atom. The van der Waals surface area contributed by atoms with Gasteiger partial charge < -0.3 is 14.8 Å². The Morgan fingerprint density at radius 1 is 1.23 bits per heavy atom. The maximum Gasteiger partial charge on any atom is 0.270 e. The molecule has 2 aromatic heterocycles. The van der Waals surface area contributed by atoms with E-state index in [2.05, 4.69) is 15.3 Å². The van der Waals surface area contributed by atoms with Crippen LogP contribution in [0.3, 0.4) is 0 Å². The summed E-state index contributed by atoms with van der Waals surface area (Å²) in [6, 6.07) is 3.86. The van der Waals surface area contributed by atoms with Crippen LogP contribution in [0.25, 0.3) is 0 Å². The van der Waals surface area contributed by atoms with Crippen molar-refractivity contribution < 1.29 is 14.3 Å². The minimum Gasteiger partial charge on any atom is -0.477 e. The van der Waals surface area contributed by atoms with E-state index in [4.69, 9.17) is 9.47 Å². The van der Waals surface area contributed by atoms with Crippen molar-refractivity contribution in [3.63, 3.8) is 0 Å². The van der Waals surface area contributed by atoms with Gasteiger partial charge >= 0.3 is 0 Å². The van der Waals surface area contributed by atoms with Crippen LogP contribution in [-0.4, -0.2) is 35.6 Å². The molecule has 1 aliphatic heterocycles. The summed E-state index contributed by atoms with van der Waals surface area (Å²) in [4.78, 5) is 22.3. The molecule has 2 saturated carbocycles. The van der Waals surface area contributed by atoms with Gasteiger partial charge in [0, 0.05) is 42.3 Å². The van der Waals surface area contributed by atoms with Crippen LogP contribution in [-0.2, 0) is 4.74 Å². The zero-order valence-electron chi connectivity index (χ0n) is 17.2. The average molecular weight is 428 g/mol. The predicted molar refractivity (Wildman–Crippen MR) is 115 cm³/mol. The van der Waals surface area contributed by atoms with Crippen LogP contribution < -0.4 is 10.1 Å². The third-order valence-electron chi connectivity index (χ3n) is 6.25. The summed E-state index contributed by atoms with van der Waals surface area (Å²) in [6.45, 7) is 2.01. The molecule has 1 unspecified atom stereocenters. The summed E-state index contributed by atoms with van der Waals surface area (Å²) in [5.74, 6) is 1.95. The second-order valence-electron chi connectivity index (χ2n) is 8.72. The summed E-state index contributed by atoms with van der Waals surface area (Å²) in [7, 11) is 0. The molecule has 2 aliphatic carbocycles. The van der Waals surface area contributed by atoms with Gasteiger partial charge in [0.05, 0.1) is 17.7 Å². The van der Waals surface area contributed by atoms with Crippen molar-refractivity contribution in [1.82, 2.24) is 15.3 Å². The van der Waals surface area contributed by atoms with Crippen molar-refractivity contribution in [3.8, 4) is 5.88 Å². The highest BCUT2D eigenvalue weighted by molar-refractivity contribution is 7.09. The smallest absolute Gasteiger partial charge is 0.270 e. The summed E-state index contributed by atoms with van der Waals surface area (Å²) in [5, 5.41) is 6.27. The third kappa shape index (κ3) is 4.83. The minimum atomic E-state index is -0.141. The van der Waals surface area contributed by atoms with E-state index in [1.165, 1.54) is 25.7 Å². The number of nitrogens with one attached hydrogen (secondary N) is 1. The van der Waals surface area contributed by atoms with E-state index in [0.717, 1.165) is 36.4 Å². The average Bonchev–Trinajstić information content (AvgIpc) is 3.72. The molecule has 5 rings (SSSR count). The molecular weight excluding hydrogens is 398 g/mol. The first kappa shape index (κ1) is 19.9. The van der Waals surface area contributed by atoms with Crippen LogP contribution in [0.5, 0.6) is 5.88 Å². The minimum absolute atomic E-state index is 0.0670. The van der Waals surface area contributed by atoms with Crippen LogP contribution in [0.1, 0.15) is 78.0 Å². The molecule has 30 heavy (non-hydrogen) atoms. The fourth-order valence-electron chi connectivity index (χ4n) is 4.11. The van der Waals surface area contributed by atoms with E-state index in [-0.39, 0.29) is 17.9 Å². The van der Waals surface area contributed by atoms with Gasteiger partial charge in [-0.1, -0.05) is 0 Å². The normalized spacial score (nSPS) is 22.5. The molecule has 2 aromatic rings. The van der Waals surface area contributed by atoms with E-state index in [9.17, 15) is 4.79 Å². The Kier molecular flexibility index (Phi) is 6.00. The highest BCUT2D eigenvalue weighted by atomic mass is 32.1. The van der Waals surface area contributed by atoms with E-state index >= 15 is 0 Å². The molecule has 2 atom stereocenters. The molecule has 6 nitrogen and oxygen atoms in total. The second kappa shape index (κ2) is 9.02. The van der Waals surface area contributed by atoms with Crippen molar-refractivity contribution in [2.24, 2.45) is 11.8 Å². The Hall–Kier alpha value is -1.99. The zero-order valence-corrected chi connectivity index (χ0v) is 18.0. The molecular formula is C23H29N3O3S. The first-order valence-electron chi connectivity index (χ1n) is 11.2. The Morgan fingerprint density at radius 2 is 2.13 bits per heavy atom. The van der Waals surface area contributed by atoms with Gasteiger partial charge in [-0.15, -0.1) is 11.3 Å². The van der Waals surface area contributed by atoms with Gasteiger partial charge in [0.15, 0.2) is 0 Å². The van der Waals surface area contributed by atoms with Crippen LogP contribution in [0.15, 0.2) is 23.7 Å². The number of nitrogens with zero attached hydrogens (tertiary/aromatic N) is 2. The highest BCUT2D eigenvalue weighted by Crippen LogP contribution is 2.43. The van der Waals surface area contributed by atoms with E-state index < -0.39 is 0 Å². The summed E-state index contributed by atoms with van der Waals surface area (Å²) in [6.07, 6.45) is 9.76. The molecule has 0 radical (unpaired) electrons. The lowest BCUT2D eigenvalue weighted by molar-refractivity contribution is 0.0140. The summed E-state index contributed by atoms with van der Waals surface area (Å²) < 4.78 is 11.8. The Labute approximate surface area is 181 Å². The fraction of sp³-hybridized carbons (Fsp3) is 0.609. The van der Waals surface area contributed by atoms with Crippen LogP contribution in [0.2, 0.25) is 0 Å².